The molecule has 0 saturated carbocycles. The van der Waals surface area contributed by atoms with Gasteiger partial charge in [-0.15, -0.1) is 10.2 Å². The molecule has 0 aliphatic heterocycles. The first-order chi connectivity index (χ1) is 13.0. The van der Waals surface area contributed by atoms with Crippen molar-refractivity contribution in [1.82, 2.24) is 10.2 Å². The van der Waals surface area contributed by atoms with Crippen LogP contribution < -0.4 is 10.1 Å². The maximum Gasteiger partial charge on any atom is 0.277 e. The Morgan fingerprint density at radius 1 is 1.26 bits per heavy atom. The number of carbonyl (C=O) groups is 1. The summed E-state index contributed by atoms with van der Waals surface area (Å²) in [5.74, 6) is 0.961. The summed E-state index contributed by atoms with van der Waals surface area (Å²) in [6.07, 6.45) is 0. The van der Waals surface area contributed by atoms with Crippen molar-refractivity contribution < 1.29 is 13.9 Å². The molecule has 3 aromatic rings. The number of amides is 1. The number of rotatable bonds is 7. The lowest BCUT2D eigenvalue weighted by molar-refractivity contribution is -0.115. The van der Waals surface area contributed by atoms with Crippen LogP contribution in [0.3, 0.4) is 0 Å². The largest absolute Gasteiger partial charge is 0.494 e. The van der Waals surface area contributed by atoms with Crippen LogP contribution in [0, 0.1) is 0 Å². The summed E-state index contributed by atoms with van der Waals surface area (Å²) < 4.78 is 11.0. The van der Waals surface area contributed by atoms with Crippen molar-refractivity contribution in [3.63, 3.8) is 0 Å². The Bertz CT molecular complexity index is 915. The van der Waals surface area contributed by atoms with Crippen LogP contribution >= 0.6 is 23.4 Å². The van der Waals surface area contributed by atoms with E-state index in [-0.39, 0.29) is 5.91 Å². The zero-order valence-corrected chi connectivity index (χ0v) is 16.4. The van der Waals surface area contributed by atoms with Crippen molar-refractivity contribution in [3.8, 4) is 17.2 Å². The molecule has 27 heavy (non-hydrogen) atoms. The Kier molecular flexibility index (Phi) is 6.36. The van der Waals surface area contributed by atoms with E-state index < -0.39 is 5.25 Å². The van der Waals surface area contributed by atoms with Gasteiger partial charge in [0.1, 0.15) is 5.75 Å². The van der Waals surface area contributed by atoms with Crippen LogP contribution in [0.1, 0.15) is 13.8 Å². The summed E-state index contributed by atoms with van der Waals surface area (Å²) in [6, 6.07) is 14.4. The van der Waals surface area contributed by atoms with Gasteiger partial charge in [-0.3, -0.25) is 4.79 Å². The predicted molar refractivity (Wildman–Crippen MR) is 106 cm³/mol. The van der Waals surface area contributed by atoms with Gasteiger partial charge in [0.2, 0.25) is 11.8 Å². The minimum absolute atomic E-state index is 0.160. The highest BCUT2D eigenvalue weighted by Gasteiger charge is 2.19. The van der Waals surface area contributed by atoms with Gasteiger partial charge in [-0.05, 0) is 56.3 Å². The van der Waals surface area contributed by atoms with Gasteiger partial charge < -0.3 is 14.5 Å². The van der Waals surface area contributed by atoms with E-state index in [4.69, 9.17) is 20.8 Å². The van der Waals surface area contributed by atoms with E-state index >= 15 is 0 Å². The third kappa shape index (κ3) is 5.24. The summed E-state index contributed by atoms with van der Waals surface area (Å²) in [6.45, 7) is 4.29. The average molecular weight is 404 g/mol. The van der Waals surface area contributed by atoms with Gasteiger partial charge >= 0.3 is 0 Å². The van der Waals surface area contributed by atoms with Crippen molar-refractivity contribution in [1.29, 1.82) is 0 Å². The highest BCUT2D eigenvalue weighted by atomic mass is 35.5. The lowest BCUT2D eigenvalue weighted by atomic mass is 10.2. The van der Waals surface area contributed by atoms with Crippen LogP contribution in [0.5, 0.6) is 5.75 Å². The van der Waals surface area contributed by atoms with E-state index in [1.165, 1.54) is 11.8 Å². The van der Waals surface area contributed by atoms with E-state index in [9.17, 15) is 4.79 Å². The molecule has 6 nitrogen and oxygen atoms in total. The minimum Gasteiger partial charge on any atom is -0.494 e. The molecule has 0 bridgehead atoms. The summed E-state index contributed by atoms with van der Waals surface area (Å²) in [4.78, 5) is 12.4. The Balaban J connectivity index is 1.59. The Morgan fingerprint density at radius 3 is 2.74 bits per heavy atom. The molecule has 140 valence electrons. The molecule has 1 amide bonds. The van der Waals surface area contributed by atoms with E-state index in [1.54, 1.807) is 31.2 Å². The summed E-state index contributed by atoms with van der Waals surface area (Å²) in [5, 5.41) is 11.3. The van der Waals surface area contributed by atoms with E-state index in [0.717, 1.165) is 11.3 Å². The first-order valence-corrected chi connectivity index (χ1v) is 9.60. The second-order valence-corrected chi connectivity index (χ2v) is 7.32. The van der Waals surface area contributed by atoms with Crippen LogP contribution in [-0.4, -0.2) is 28.0 Å². The molecular weight excluding hydrogens is 386 g/mol. The van der Waals surface area contributed by atoms with Gasteiger partial charge in [0.15, 0.2) is 0 Å². The number of ether oxygens (including phenoxy) is 1. The molecule has 1 atom stereocenters. The molecule has 0 spiro atoms. The first kappa shape index (κ1) is 19.3. The van der Waals surface area contributed by atoms with Gasteiger partial charge in [0.05, 0.1) is 11.9 Å². The zero-order chi connectivity index (χ0) is 19.2. The first-order valence-electron chi connectivity index (χ1n) is 8.35. The number of nitrogens with zero attached hydrogens (tertiary/aromatic N) is 2. The van der Waals surface area contributed by atoms with Crippen molar-refractivity contribution in [3.05, 3.63) is 53.6 Å². The molecule has 0 aliphatic rings. The second-order valence-electron chi connectivity index (χ2n) is 5.59. The van der Waals surface area contributed by atoms with Crippen molar-refractivity contribution >= 4 is 35.0 Å². The molecule has 0 aliphatic carbocycles. The Labute approximate surface area is 166 Å². The number of thioether (sulfide) groups is 1. The van der Waals surface area contributed by atoms with Gasteiger partial charge in [-0.1, -0.05) is 29.4 Å². The summed E-state index contributed by atoms with van der Waals surface area (Å²) in [5.41, 5.74) is 1.43. The Morgan fingerprint density at radius 2 is 2.04 bits per heavy atom. The number of halogens is 1. The maximum absolute atomic E-state index is 12.4. The number of aromatic nitrogens is 2. The van der Waals surface area contributed by atoms with E-state index in [2.05, 4.69) is 15.5 Å². The number of carbonyl (C=O) groups excluding carboxylic acids is 1. The standard InChI is InChI=1S/C19H18ClN3O3S/c1-3-25-16-9-7-15(8-10-16)21-17(24)12(2)27-19-23-22-18(26-19)13-5-4-6-14(20)11-13/h4-12H,3H2,1-2H3,(H,21,24)/t12-/m1/s1. The maximum atomic E-state index is 12.4. The van der Waals surface area contributed by atoms with Crippen LogP contribution in [-0.2, 0) is 4.79 Å². The van der Waals surface area contributed by atoms with Crippen molar-refractivity contribution in [2.75, 3.05) is 11.9 Å². The van der Waals surface area contributed by atoms with Gasteiger partial charge in [-0.25, -0.2) is 0 Å². The van der Waals surface area contributed by atoms with E-state index in [1.807, 2.05) is 31.2 Å². The quantitative estimate of drug-likeness (QED) is 0.565. The monoisotopic (exact) mass is 403 g/mol. The number of benzene rings is 2. The number of anilines is 1. The number of nitrogens with one attached hydrogen (secondary N) is 1. The molecule has 1 heterocycles. The number of hydrogen-bond acceptors (Lipinski definition) is 6. The average Bonchev–Trinajstić information content (AvgIpc) is 3.12. The topological polar surface area (TPSA) is 77.2 Å². The SMILES string of the molecule is CCOc1ccc(NC(=O)[C@@H](C)Sc2nnc(-c3cccc(Cl)c3)o2)cc1. The second kappa shape index (κ2) is 8.92. The summed E-state index contributed by atoms with van der Waals surface area (Å²) >= 11 is 7.17. The molecule has 0 fully saturated rings. The zero-order valence-electron chi connectivity index (χ0n) is 14.8. The normalized spacial score (nSPS) is 11.8. The predicted octanol–water partition coefficient (Wildman–Crippen LogP) is 4.91. The molecule has 3 rings (SSSR count). The lowest BCUT2D eigenvalue weighted by Gasteiger charge is -2.10. The van der Waals surface area contributed by atoms with E-state index in [0.29, 0.717) is 28.4 Å². The fourth-order valence-corrected chi connectivity index (χ4v) is 3.12. The molecule has 2 aromatic carbocycles. The molecule has 1 N–H and O–H groups in total. The van der Waals surface area contributed by atoms with Gasteiger partial charge in [-0.2, -0.15) is 0 Å². The summed E-state index contributed by atoms with van der Waals surface area (Å²) in [7, 11) is 0. The molecular formula is C19H18ClN3O3S. The lowest BCUT2D eigenvalue weighted by Crippen LogP contribution is -2.22. The van der Waals surface area contributed by atoms with Crippen LogP contribution in [0.2, 0.25) is 5.02 Å². The molecule has 0 saturated heterocycles. The smallest absolute Gasteiger partial charge is 0.277 e. The molecule has 1 aromatic heterocycles. The van der Waals surface area contributed by atoms with Crippen LogP contribution in [0.15, 0.2) is 58.2 Å². The van der Waals surface area contributed by atoms with Gasteiger partial charge in [0.25, 0.3) is 5.22 Å². The fourth-order valence-electron chi connectivity index (χ4n) is 2.25. The third-order valence-corrected chi connectivity index (χ3v) is 4.73. The minimum atomic E-state index is -0.413. The number of hydrogen-bond donors (Lipinski definition) is 1. The van der Waals surface area contributed by atoms with Crippen LogP contribution in [0.25, 0.3) is 11.5 Å². The van der Waals surface area contributed by atoms with Gasteiger partial charge in [0, 0.05) is 16.3 Å². The molecule has 8 heteroatoms. The van der Waals surface area contributed by atoms with Crippen LogP contribution in [0.4, 0.5) is 5.69 Å². The van der Waals surface area contributed by atoms with Crippen molar-refractivity contribution in [2.24, 2.45) is 0 Å². The third-order valence-electron chi connectivity index (χ3n) is 3.56. The highest BCUT2D eigenvalue weighted by molar-refractivity contribution is 8.00. The fraction of sp³-hybridized carbons (Fsp3) is 0.211. The Hall–Kier alpha value is -2.51. The highest BCUT2D eigenvalue weighted by Crippen LogP contribution is 2.28. The van der Waals surface area contributed by atoms with Crippen molar-refractivity contribution in [2.45, 2.75) is 24.3 Å². The molecule has 0 unspecified atom stereocenters. The molecule has 0 radical (unpaired) electrons.